The van der Waals surface area contributed by atoms with E-state index >= 15 is 0 Å². The van der Waals surface area contributed by atoms with Gasteiger partial charge in [-0.2, -0.15) is 0 Å². The average Bonchev–Trinajstić information content (AvgIpc) is 3.35. The van der Waals surface area contributed by atoms with E-state index in [1.807, 2.05) is 0 Å². The van der Waals surface area contributed by atoms with Gasteiger partial charge >= 0.3 is 0 Å². The van der Waals surface area contributed by atoms with E-state index in [0.717, 1.165) is 34.1 Å². The second-order valence-corrected chi connectivity index (χ2v) is 18.1. The molecule has 12 aromatic rings. The first-order valence-electron chi connectivity index (χ1n) is 23.0. The van der Waals surface area contributed by atoms with Gasteiger partial charge in [-0.15, -0.1) is 0 Å². The summed E-state index contributed by atoms with van der Waals surface area (Å²) in [6, 6.07) is 81.7. The molecular weight excluding hydrogens is 797 g/mol. The van der Waals surface area contributed by atoms with Crippen LogP contribution in [0.5, 0.6) is 0 Å². The Morgan fingerprint density at radius 1 is 0.258 bits per heavy atom. The van der Waals surface area contributed by atoms with E-state index in [1.165, 1.54) is 98.4 Å². The van der Waals surface area contributed by atoms with Gasteiger partial charge in [-0.1, -0.05) is 168 Å². The fourth-order valence-corrected chi connectivity index (χ4v) is 10.1. The maximum atomic E-state index is 2.46. The Kier molecular flexibility index (Phi) is 9.43. The number of nitrogens with zero attached hydrogens (tertiary/aromatic N) is 2. The van der Waals surface area contributed by atoms with E-state index < -0.39 is 0 Å². The molecule has 0 saturated carbocycles. The lowest BCUT2D eigenvalue weighted by molar-refractivity contribution is 1.28. The van der Waals surface area contributed by atoms with E-state index in [0.29, 0.717) is 0 Å². The molecule has 12 aromatic carbocycles. The Balaban J connectivity index is 1.25. The molecule has 0 bridgehead atoms. The molecule has 0 saturated heterocycles. The van der Waals surface area contributed by atoms with Crippen LogP contribution in [0.25, 0.3) is 76.1 Å². The largest absolute Gasteiger partial charge is 0.310 e. The molecular formula is C64H48N2. The van der Waals surface area contributed by atoms with Crippen molar-refractivity contribution in [2.24, 2.45) is 0 Å². The predicted molar refractivity (Wildman–Crippen MR) is 284 cm³/mol. The lowest BCUT2D eigenvalue weighted by Crippen LogP contribution is -2.12. The summed E-state index contributed by atoms with van der Waals surface area (Å²) in [5, 5.41) is 12.3. The first-order chi connectivity index (χ1) is 32.3. The van der Waals surface area contributed by atoms with Gasteiger partial charge in [0, 0.05) is 44.3 Å². The number of rotatable bonds is 8. The quantitative estimate of drug-likeness (QED) is 0.141. The third-order valence-electron chi connectivity index (χ3n) is 13.6. The monoisotopic (exact) mass is 844 g/mol. The smallest absolute Gasteiger partial charge is 0.0546 e. The molecule has 66 heavy (non-hydrogen) atoms. The normalized spacial score (nSPS) is 11.6. The fraction of sp³-hybridized carbons (Fsp3) is 0.0625. The highest BCUT2D eigenvalue weighted by Crippen LogP contribution is 2.52. The van der Waals surface area contributed by atoms with Crippen molar-refractivity contribution in [3.05, 3.63) is 241 Å². The van der Waals surface area contributed by atoms with Crippen LogP contribution in [0.3, 0.4) is 0 Å². The Morgan fingerprint density at radius 2 is 0.561 bits per heavy atom. The van der Waals surface area contributed by atoms with Crippen molar-refractivity contribution in [2.45, 2.75) is 27.7 Å². The Labute approximate surface area is 386 Å². The van der Waals surface area contributed by atoms with Crippen LogP contribution in [0.4, 0.5) is 34.1 Å². The molecule has 0 amide bonds. The van der Waals surface area contributed by atoms with Gasteiger partial charge in [0.15, 0.2) is 0 Å². The summed E-state index contributed by atoms with van der Waals surface area (Å²) in [5.74, 6) is 0. The first kappa shape index (κ1) is 39.4. The fourth-order valence-electron chi connectivity index (χ4n) is 10.1. The van der Waals surface area contributed by atoms with Crippen LogP contribution in [0, 0.1) is 27.7 Å². The summed E-state index contributed by atoms with van der Waals surface area (Å²) in [6.45, 7) is 8.65. The number of aryl methyl sites for hydroxylation is 4. The van der Waals surface area contributed by atoms with Crippen molar-refractivity contribution in [3.63, 3.8) is 0 Å². The van der Waals surface area contributed by atoms with Gasteiger partial charge in [0.25, 0.3) is 0 Å². The van der Waals surface area contributed by atoms with Crippen molar-refractivity contribution in [3.8, 4) is 22.3 Å². The Bertz CT molecular complexity index is 3430. The highest BCUT2D eigenvalue weighted by Gasteiger charge is 2.26. The summed E-state index contributed by atoms with van der Waals surface area (Å²) in [4.78, 5) is 4.93. The minimum absolute atomic E-state index is 1.12. The van der Waals surface area contributed by atoms with Crippen molar-refractivity contribution >= 4 is 88.0 Å². The molecule has 2 nitrogen and oxygen atoms in total. The maximum Gasteiger partial charge on any atom is 0.0546 e. The second-order valence-electron chi connectivity index (χ2n) is 18.1. The summed E-state index contributed by atoms with van der Waals surface area (Å²) in [5.41, 5.74) is 16.5. The molecule has 0 aliphatic carbocycles. The summed E-state index contributed by atoms with van der Waals surface area (Å²) in [7, 11) is 0. The summed E-state index contributed by atoms with van der Waals surface area (Å²) < 4.78 is 0. The SMILES string of the molecule is Cc1ccc(N(c2ccc(C)cc2)c2cc(-c3ccc4ccccc4c3)c3ccc4c(N(c5ccc(C)cc5)c5ccc(C)cc5)cc(-c5ccc6ccccc6c5)c5ccc2c3c54)cc1. The lowest BCUT2D eigenvalue weighted by atomic mass is 9.84. The Hall–Kier alpha value is -8.20. The number of hydrogen-bond acceptors (Lipinski definition) is 2. The van der Waals surface area contributed by atoms with E-state index in [9.17, 15) is 0 Å². The van der Waals surface area contributed by atoms with Gasteiger partial charge in [-0.3, -0.25) is 0 Å². The highest BCUT2D eigenvalue weighted by atomic mass is 15.1. The van der Waals surface area contributed by atoms with Crippen LogP contribution < -0.4 is 9.80 Å². The highest BCUT2D eigenvalue weighted by molar-refractivity contribution is 6.32. The van der Waals surface area contributed by atoms with Crippen molar-refractivity contribution in [1.82, 2.24) is 0 Å². The van der Waals surface area contributed by atoms with Crippen molar-refractivity contribution in [2.75, 3.05) is 9.80 Å². The minimum Gasteiger partial charge on any atom is -0.310 e. The van der Waals surface area contributed by atoms with Crippen LogP contribution in [0.15, 0.2) is 218 Å². The molecule has 0 fully saturated rings. The van der Waals surface area contributed by atoms with Crippen LogP contribution in [0.1, 0.15) is 22.3 Å². The van der Waals surface area contributed by atoms with Crippen molar-refractivity contribution in [1.29, 1.82) is 0 Å². The number of benzene rings is 12. The van der Waals surface area contributed by atoms with Gasteiger partial charge < -0.3 is 9.80 Å². The standard InChI is InChI=1S/C64H48N2/c1-41-13-25-51(26-14-41)65(52-27-15-42(2)16-28-52)61-39-59(49-23-21-45-9-5-7-11-47(45)37-49)55-34-36-58-62(66(53-29-17-43(3)18-30-53)54-31-19-44(4)20-32-54)40-60(56-33-35-57(61)63(55)64(56)58)50-24-22-46-10-6-8-12-48(46)38-50/h5-40H,1-4H3. The lowest BCUT2D eigenvalue weighted by Gasteiger charge is -2.31. The number of anilines is 6. The molecule has 0 unspecified atom stereocenters. The molecule has 0 heterocycles. The molecule has 0 aromatic heterocycles. The molecule has 0 radical (unpaired) electrons. The van der Waals surface area contributed by atoms with Gasteiger partial charge in [-0.25, -0.2) is 0 Å². The first-order valence-corrected chi connectivity index (χ1v) is 23.0. The van der Waals surface area contributed by atoms with E-state index in [-0.39, 0.29) is 0 Å². The summed E-state index contributed by atoms with van der Waals surface area (Å²) in [6.07, 6.45) is 0. The minimum atomic E-state index is 1.12. The molecule has 0 aliphatic rings. The zero-order chi connectivity index (χ0) is 44.5. The average molecular weight is 845 g/mol. The van der Waals surface area contributed by atoms with E-state index in [1.54, 1.807) is 0 Å². The molecule has 314 valence electrons. The maximum absolute atomic E-state index is 2.46. The number of fused-ring (bicyclic) bond motifs is 2. The van der Waals surface area contributed by atoms with Crippen LogP contribution in [-0.4, -0.2) is 0 Å². The van der Waals surface area contributed by atoms with Crippen LogP contribution >= 0.6 is 0 Å². The van der Waals surface area contributed by atoms with E-state index in [4.69, 9.17) is 0 Å². The molecule has 0 spiro atoms. The van der Waals surface area contributed by atoms with Gasteiger partial charge in [0.05, 0.1) is 11.4 Å². The zero-order valence-corrected chi connectivity index (χ0v) is 37.7. The molecule has 0 atom stereocenters. The van der Waals surface area contributed by atoms with E-state index in [2.05, 4.69) is 256 Å². The van der Waals surface area contributed by atoms with Crippen LogP contribution in [0.2, 0.25) is 0 Å². The zero-order valence-electron chi connectivity index (χ0n) is 37.7. The second kappa shape index (κ2) is 15.8. The summed E-state index contributed by atoms with van der Waals surface area (Å²) >= 11 is 0. The number of hydrogen-bond donors (Lipinski definition) is 0. The molecule has 2 heteroatoms. The Morgan fingerprint density at radius 3 is 0.894 bits per heavy atom. The molecule has 12 rings (SSSR count). The van der Waals surface area contributed by atoms with Gasteiger partial charge in [-0.05, 0) is 155 Å². The van der Waals surface area contributed by atoms with Gasteiger partial charge in [0.2, 0.25) is 0 Å². The molecule has 0 aliphatic heterocycles. The van der Waals surface area contributed by atoms with Crippen LogP contribution in [-0.2, 0) is 0 Å². The molecule has 0 N–H and O–H groups in total. The predicted octanol–water partition coefficient (Wildman–Crippen LogP) is 18.4. The topological polar surface area (TPSA) is 6.48 Å². The third kappa shape index (κ3) is 6.73. The third-order valence-corrected chi connectivity index (χ3v) is 13.6. The van der Waals surface area contributed by atoms with Gasteiger partial charge in [0.1, 0.15) is 0 Å². The van der Waals surface area contributed by atoms with Crippen molar-refractivity contribution < 1.29 is 0 Å².